The Morgan fingerprint density at radius 2 is 2.21 bits per heavy atom. The minimum absolute atomic E-state index is 0.280. The van der Waals surface area contributed by atoms with Gasteiger partial charge in [0.05, 0.1) is 12.2 Å². The van der Waals surface area contributed by atoms with Gasteiger partial charge < -0.3 is 9.72 Å². The van der Waals surface area contributed by atoms with E-state index in [-0.39, 0.29) is 5.97 Å². The van der Waals surface area contributed by atoms with Gasteiger partial charge in [-0.3, -0.25) is 0 Å². The average molecular weight is 254 g/mol. The van der Waals surface area contributed by atoms with Crippen LogP contribution >= 0.6 is 0 Å². The molecule has 0 spiro atoms. The Bertz CT molecular complexity index is 746. The predicted molar refractivity (Wildman–Crippen MR) is 74.2 cm³/mol. The van der Waals surface area contributed by atoms with Crippen LogP contribution in [0, 0.1) is 0 Å². The molecule has 1 N–H and O–H groups in total. The molecule has 4 heteroatoms. The number of carbonyl (C=O) groups is 1. The molecule has 1 aromatic carbocycles. The first-order valence-electron chi connectivity index (χ1n) is 6.34. The Kier molecular flexibility index (Phi) is 2.91. The van der Waals surface area contributed by atoms with E-state index in [1.165, 1.54) is 0 Å². The summed E-state index contributed by atoms with van der Waals surface area (Å²) in [5.74, 6) is -0.280. The molecule has 0 saturated heterocycles. The van der Waals surface area contributed by atoms with Crippen molar-refractivity contribution in [3.63, 3.8) is 0 Å². The first kappa shape index (κ1) is 11.7. The number of nitrogens with zero attached hydrogens (tertiary/aromatic N) is 1. The zero-order valence-electron chi connectivity index (χ0n) is 10.6. The molecule has 4 nitrogen and oxygen atoms in total. The quantitative estimate of drug-likeness (QED) is 0.730. The molecule has 3 aromatic rings. The van der Waals surface area contributed by atoms with Crippen molar-refractivity contribution in [2.75, 3.05) is 6.61 Å². The van der Waals surface area contributed by atoms with Crippen LogP contribution < -0.4 is 0 Å². The van der Waals surface area contributed by atoms with Crippen molar-refractivity contribution in [3.8, 4) is 0 Å². The SMILES string of the molecule is CCCOC(=O)c1cccc2[nH]c3ncccc3c12. The molecule has 0 atom stereocenters. The maximum atomic E-state index is 12.1. The van der Waals surface area contributed by atoms with Crippen LogP contribution in [-0.4, -0.2) is 22.5 Å². The van der Waals surface area contributed by atoms with Crippen molar-refractivity contribution in [2.45, 2.75) is 13.3 Å². The van der Waals surface area contributed by atoms with Gasteiger partial charge in [0.2, 0.25) is 0 Å². The maximum absolute atomic E-state index is 12.1. The highest BCUT2D eigenvalue weighted by Crippen LogP contribution is 2.27. The third-order valence-corrected chi connectivity index (χ3v) is 3.05. The van der Waals surface area contributed by atoms with Crippen LogP contribution in [0.25, 0.3) is 21.9 Å². The monoisotopic (exact) mass is 254 g/mol. The van der Waals surface area contributed by atoms with Crippen LogP contribution in [0.2, 0.25) is 0 Å². The summed E-state index contributed by atoms with van der Waals surface area (Å²) in [7, 11) is 0. The van der Waals surface area contributed by atoms with Gasteiger partial charge in [-0.05, 0) is 30.7 Å². The summed E-state index contributed by atoms with van der Waals surface area (Å²) in [5.41, 5.74) is 2.28. The Labute approximate surface area is 110 Å². The number of esters is 1. The van der Waals surface area contributed by atoms with Crippen LogP contribution in [0.1, 0.15) is 23.7 Å². The molecule has 0 unspecified atom stereocenters. The summed E-state index contributed by atoms with van der Waals surface area (Å²) in [4.78, 5) is 19.6. The molecule has 0 radical (unpaired) electrons. The lowest BCUT2D eigenvalue weighted by atomic mass is 10.1. The number of benzene rings is 1. The minimum Gasteiger partial charge on any atom is -0.462 e. The number of aromatic nitrogens is 2. The number of aromatic amines is 1. The Hall–Kier alpha value is -2.36. The smallest absolute Gasteiger partial charge is 0.338 e. The van der Waals surface area contributed by atoms with Crippen LogP contribution in [0.3, 0.4) is 0 Å². The van der Waals surface area contributed by atoms with Crippen molar-refractivity contribution < 1.29 is 9.53 Å². The number of fused-ring (bicyclic) bond motifs is 3. The van der Waals surface area contributed by atoms with E-state index >= 15 is 0 Å². The minimum atomic E-state index is -0.280. The Morgan fingerprint density at radius 1 is 1.32 bits per heavy atom. The van der Waals surface area contributed by atoms with E-state index in [0.717, 1.165) is 28.4 Å². The second kappa shape index (κ2) is 4.72. The summed E-state index contributed by atoms with van der Waals surface area (Å²) >= 11 is 0. The van der Waals surface area contributed by atoms with E-state index in [4.69, 9.17) is 4.74 Å². The first-order chi connectivity index (χ1) is 9.31. The number of ether oxygens (including phenoxy) is 1. The maximum Gasteiger partial charge on any atom is 0.338 e. The number of hydrogen-bond acceptors (Lipinski definition) is 3. The van der Waals surface area contributed by atoms with Gasteiger partial charge in [0.15, 0.2) is 0 Å². The summed E-state index contributed by atoms with van der Waals surface area (Å²) in [6, 6.07) is 9.40. The van der Waals surface area contributed by atoms with E-state index in [9.17, 15) is 4.79 Å². The fourth-order valence-corrected chi connectivity index (χ4v) is 2.22. The molecular weight excluding hydrogens is 240 g/mol. The molecule has 0 bridgehead atoms. The third-order valence-electron chi connectivity index (χ3n) is 3.05. The van der Waals surface area contributed by atoms with E-state index in [1.54, 1.807) is 12.3 Å². The van der Waals surface area contributed by atoms with E-state index in [1.807, 2.05) is 31.2 Å². The molecule has 0 aliphatic carbocycles. The highest BCUT2D eigenvalue weighted by atomic mass is 16.5. The van der Waals surface area contributed by atoms with Crippen molar-refractivity contribution in [3.05, 3.63) is 42.1 Å². The van der Waals surface area contributed by atoms with Gasteiger partial charge in [0.25, 0.3) is 0 Å². The third kappa shape index (κ3) is 1.95. The van der Waals surface area contributed by atoms with Crippen LogP contribution in [-0.2, 0) is 4.74 Å². The van der Waals surface area contributed by atoms with Gasteiger partial charge in [-0.1, -0.05) is 13.0 Å². The molecule has 0 amide bonds. The zero-order valence-corrected chi connectivity index (χ0v) is 10.6. The normalized spacial score (nSPS) is 11.0. The van der Waals surface area contributed by atoms with Gasteiger partial charge in [-0.2, -0.15) is 0 Å². The van der Waals surface area contributed by atoms with Gasteiger partial charge in [-0.25, -0.2) is 9.78 Å². The van der Waals surface area contributed by atoms with Gasteiger partial charge >= 0.3 is 5.97 Å². The number of nitrogens with one attached hydrogen (secondary N) is 1. The van der Waals surface area contributed by atoms with Crippen LogP contribution in [0.15, 0.2) is 36.5 Å². The van der Waals surface area contributed by atoms with Gasteiger partial charge in [-0.15, -0.1) is 0 Å². The summed E-state index contributed by atoms with van der Waals surface area (Å²) in [6.45, 7) is 2.42. The van der Waals surface area contributed by atoms with E-state index < -0.39 is 0 Å². The summed E-state index contributed by atoms with van der Waals surface area (Å²) in [5, 5.41) is 1.83. The molecule has 96 valence electrons. The fraction of sp³-hybridized carbons (Fsp3) is 0.200. The number of pyridine rings is 1. The van der Waals surface area contributed by atoms with Crippen molar-refractivity contribution in [2.24, 2.45) is 0 Å². The second-order valence-corrected chi connectivity index (χ2v) is 4.39. The molecule has 0 aliphatic rings. The molecule has 2 heterocycles. The van der Waals surface area contributed by atoms with Crippen molar-refractivity contribution in [1.29, 1.82) is 0 Å². The Balaban J connectivity index is 2.21. The number of H-pyrrole nitrogens is 1. The van der Waals surface area contributed by atoms with Gasteiger partial charge in [0.1, 0.15) is 5.65 Å². The van der Waals surface area contributed by atoms with Crippen LogP contribution in [0.5, 0.6) is 0 Å². The molecule has 3 rings (SSSR count). The zero-order chi connectivity index (χ0) is 13.2. The van der Waals surface area contributed by atoms with E-state index in [2.05, 4.69) is 9.97 Å². The fourth-order valence-electron chi connectivity index (χ4n) is 2.22. The van der Waals surface area contributed by atoms with Crippen LogP contribution in [0.4, 0.5) is 0 Å². The topological polar surface area (TPSA) is 55.0 Å². The molecule has 0 aliphatic heterocycles. The summed E-state index contributed by atoms with van der Waals surface area (Å²) < 4.78 is 5.23. The molecule has 0 fully saturated rings. The second-order valence-electron chi connectivity index (χ2n) is 4.39. The first-order valence-corrected chi connectivity index (χ1v) is 6.34. The highest BCUT2D eigenvalue weighted by Gasteiger charge is 2.15. The number of rotatable bonds is 3. The van der Waals surface area contributed by atoms with E-state index in [0.29, 0.717) is 12.2 Å². The molecule has 0 saturated carbocycles. The molecular formula is C15H14N2O2. The molecule has 19 heavy (non-hydrogen) atoms. The lowest BCUT2D eigenvalue weighted by Gasteiger charge is -2.04. The lowest BCUT2D eigenvalue weighted by molar-refractivity contribution is 0.0507. The molecule has 2 aromatic heterocycles. The number of carbonyl (C=O) groups excluding carboxylic acids is 1. The summed E-state index contributed by atoms with van der Waals surface area (Å²) in [6.07, 6.45) is 2.55. The lowest BCUT2D eigenvalue weighted by Crippen LogP contribution is -2.06. The largest absolute Gasteiger partial charge is 0.462 e. The Morgan fingerprint density at radius 3 is 3.05 bits per heavy atom. The highest BCUT2D eigenvalue weighted by molar-refractivity contribution is 6.15. The van der Waals surface area contributed by atoms with Gasteiger partial charge in [0, 0.05) is 22.5 Å². The standard InChI is InChI=1S/C15H14N2O2/c1-2-9-19-15(18)11-5-3-7-12-13(11)10-6-4-8-16-14(10)17-12/h3-8H,2,9H2,1H3,(H,16,17). The van der Waals surface area contributed by atoms with Crippen molar-refractivity contribution >= 4 is 27.9 Å². The predicted octanol–water partition coefficient (Wildman–Crippen LogP) is 3.28. The average Bonchev–Trinajstić information content (AvgIpc) is 2.83. The number of hydrogen-bond donors (Lipinski definition) is 1. The van der Waals surface area contributed by atoms with Crippen molar-refractivity contribution in [1.82, 2.24) is 9.97 Å².